The van der Waals surface area contributed by atoms with Crippen molar-refractivity contribution in [1.82, 2.24) is 9.97 Å². The predicted molar refractivity (Wildman–Crippen MR) is 104 cm³/mol. The molecule has 0 spiro atoms. The number of hydrogen-bond acceptors (Lipinski definition) is 8. The number of nitrogens with one attached hydrogen (secondary N) is 2. The third kappa shape index (κ3) is 4.08. The summed E-state index contributed by atoms with van der Waals surface area (Å²) >= 11 is 0. The van der Waals surface area contributed by atoms with Crippen molar-refractivity contribution in [2.75, 3.05) is 24.5 Å². The van der Waals surface area contributed by atoms with Crippen LogP contribution in [0.4, 0.5) is 17.3 Å². The van der Waals surface area contributed by atoms with Gasteiger partial charge in [-0.25, -0.2) is 14.8 Å². The summed E-state index contributed by atoms with van der Waals surface area (Å²) in [4.78, 5) is 32.3. The number of rotatable bonds is 5. The van der Waals surface area contributed by atoms with Crippen molar-refractivity contribution < 1.29 is 23.8 Å². The molecule has 1 aliphatic rings. The third-order valence-corrected chi connectivity index (χ3v) is 4.08. The maximum Gasteiger partial charge on any atom is 0.337 e. The number of methoxy groups -OCH3 is 1. The maximum atomic E-state index is 12.4. The summed E-state index contributed by atoms with van der Waals surface area (Å²) in [6, 6.07) is 11.9. The predicted octanol–water partition coefficient (Wildman–Crippen LogP) is 2.99. The van der Waals surface area contributed by atoms with Crippen molar-refractivity contribution in [2.24, 2.45) is 0 Å². The maximum absolute atomic E-state index is 12.4. The summed E-state index contributed by atoms with van der Waals surface area (Å²) in [5.74, 6) is 0.700. The molecule has 0 aliphatic carbocycles. The minimum absolute atomic E-state index is 0.164. The first-order valence-corrected chi connectivity index (χ1v) is 8.61. The highest BCUT2D eigenvalue weighted by atomic mass is 16.7. The van der Waals surface area contributed by atoms with Crippen LogP contribution >= 0.6 is 0 Å². The molecule has 146 valence electrons. The molecule has 1 aromatic heterocycles. The normalized spacial score (nSPS) is 11.6. The van der Waals surface area contributed by atoms with E-state index in [9.17, 15) is 9.59 Å². The van der Waals surface area contributed by atoms with Gasteiger partial charge in [-0.2, -0.15) is 0 Å². The Labute approximate surface area is 165 Å². The van der Waals surface area contributed by atoms with E-state index in [1.807, 2.05) is 0 Å². The van der Waals surface area contributed by atoms with Crippen molar-refractivity contribution in [3.8, 4) is 11.5 Å². The van der Waals surface area contributed by atoms with E-state index in [0.717, 1.165) is 0 Å². The summed E-state index contributed by atoms with van der Waals surface area (Å²) in [7, 11) is 1.32. The second-order valence-corrected chi connectivity index (χ2v) is 6.01. The van der Waals surface area contributed by atoms with E-state index in [1.54, 1.807) is 42.5 Å². The zero-order valence-corrected chi connectivity index (χ0v) is 15.3. The SMILES string of the molecule is COC(=O)c1cccc(Nc2ncc(C(=O)Nc3ccc4c(c3)OCO4)cn2)c1. The third-order valence-electron chi connectivity index (χ3n) is 4.08. The Morgan fingerprint density at radius 1 is 0.966 bits per heavy atom. The van der Waals surface area contributed by atoms with Gasteiger partial charge in [-0.3, -0.25) is 4.79 Å². The van der Waals surface area contributed by atoms with Crippen LogP contribution in [0.3, 0.4) is 0 Å². The largest absolute Gasteiger partial charge is 0.465 e. The van der Waals surface area contributed by atoms with Crippen molar-refractivity contribution in [1.29, 1.82) is 0 Å². The molecule has 1 aliphatic heterocycles. The van der Waals surface area contributed by atoms with Crippen LogP contribution in [0.25, 0.3) is 0 Å². The van der Waals surface area contributed by atoms with Crippen LogP contribution < -0.4 is 20.1 Å². The number of esters is 1. The molecule has 2 aromatic carbocycles. The highest BCUT2D eigenvalue weighted by Gasteiger charge is 2.15. The fourth-order valence-electron chi connectivity index (χ4n) is 2.66. The number of fused-ring (bicyclic) bond motifs is 1. The zero-order valence-electron chi connectivity index (χ0n) is 15.3. The summed E-state index contributed by atoms with van der Waals surface area (Å²) in [6.07, 6.45) is 2.81. The number of amides is 1. The van der Waals surface area contributed by atoms with Gasteiger partial charge >= 0.3 is 5.97 Å². The van der Waals surface area contributed by atoms with Gasteiger partial charge in [0, 0.05) is 29.8 Å². The van der Waals surface area contributed by atoms with Crippen molar-refractivity contribution in [3.63, 3.8) is 0 Å². The van der Waals surface area contributed by atoms with Crippen LogP contribution in [0.2, 0.25) is 0 Å². The standard InChI is InChI=1S/C20H16N4O5/c1-27-19(26)12-3-2-4-14(7-12)24-20-21-9-13(10-22-20)18(25)23-15-5-6-16-17(8-15)29-11-28-16/h2-10H,11H2,1H3,(H,23,25)(H,21,22,24). The Morgan fingerprint density at radius 2 is 1.76 bits per heavy atom. The lowest BCUT2D eigenvalue weighted by Crippen LogP contribution is -2.13. The average molecular weight is 392 g/mol. The molecule has 2 N–H and O–H groups in total. The molecule has 0 saturated carbocycles. The molecule has 0 atom stereocenters. The number of benzene rings is 2. The zero-order chi connectivity index (χ0) is 20.2. The number of aromatic nitrogens is 2. The smallest absolute Gasteiger partial charge is 0.337 e. The topological polar surface area (TPSA) is 112 Å². The van der Waals surface area contributed by atoms with Crippen LogP contribution in [0.5, 0.6) is 11.5 Å². The van der Waals surface area contributed by atoms with E-state index in [2.05, 4.69) is 20.6 Å². The Hall–Kier alpha value is -4.14. The van der Waals surface area contributed by atoms with Crippen molar-refractivity contribution in [3.05, 3.63) is 66.0 Å². The van der Waals surface area contributed by atoms with Gasteiger partial charge in [0.05, 0.1) is 18.2 Å². The van der Waals surface area contributed by atoms with Crippen LogP contribution in [-0.4, -0.2) is 35.7 Å². The lowest BCUT2D eigenvalue weighted by atomic mass is 10.2. The van der Waals surface area contributed by atoms with Crippen LogP contribution in [0.1, 0.15) is 20.7 Å². The second-order valence-electron chi connectivity index (χ2n) is 6.01. The van der Waals surface area contributed by atoms with E-state index in [4.69, 9.17) is 14.2 Å². The summed E-state index contributed by atoms with van der Waals surface area (Å²) in [5.41, 5.74) is 1.88. The first-order valence-electron chi connectivity index (χ1n) is 8.61. The van der Waals surface area contributed by atoms with E-state index in [1.165, 1.54) is 19.5 Å². The minimum atomic E-state index is -0.440. The van der Waals surface area contributed by atoms with Gasteiger partial charge in [0.25, 0.3) is 5.91 Å². The van der Waals surface area contributed by atoms with Gasteiger partial charge < -0.3 is 24.8 Å². The van der Waals surface area contributed by atoms with Crippen LogP contribution in [-0.2, 0) is 4.74 Å². The van der Waals surface area contributed by atoms with E-state index < -0.39 is 5.97 Å². The van der Waals surface area contributed by atoms with Crippen molar-refractivity contribution in [2.45, 2.75) is 0 Å². The fraction of sp³-hybridized carbons (Fsp3) is 0.100. The molecule has 0 radical (unpaired) electrons. The van der Waals surface area contributed by atoms with E-state index in [0.29, 0.717) is 28.4 Å². The second kappa shape index (κ2) is 7.85. The minimum Gasteiger partial charge on any atom is -0.465 e. The number of anilines is 3. The highest BCUT2D eigenvalue weighted by molar-refractivity contribution is 6.04. The summed E-state index contributed by atoms with van der Waals surface area (Å²) in [5, 5.41) is 5.73. The fourth-order valence-corrected chi connectivity index (χ4v) is 2.66. The van der Waals surface area contributed by atoms with Gasteiger partial charge in [-0.15, -0.1) is 0 Å². The number of carbonyl (C=O) groups is 2. The molecule has 9 nitrogen and oxygen atoms in total. The molecule has 0 unspecified atom stereocenters. The summed E-state index contributed by atoms with van der Waals surface area (Å²) < 4.78 is 15.2. The first kappa shape index (κ1) is 18.2. The van der Waals surface area contributed by atoms with Crippen LogP contribution in [0, 0.1) is 0 Å². The average Bonchev–Trinajstić information content (AvgIpc) is 3.22. The quantitative estimate of drug-likeness (QED) is 0.638. The van der Waals surface area contributed by atoms with Gasteiger partial charge in [-0.1, -0.05) is 6.07 Å². The molecule has 4 rings (SSSR count). The Morgan fingerprint density at radius 3 is 2.55 bits per heavy atom. The molecule has 3 aromatic rings. The Bertz CT molecular complexity index is 1070. The number of hydrogen-bond donors (Lipinski definition) is 2. The lowest BCUT2D eigenvalue weighted by molar-refractivity contribution is 0.0600. The lowest BCUT2D eigenvalue weighted by Gasteiger charge is -2.08. The molecule has 0 fully saturated rings. The molecule has 0 bridgehead atoms. The number of carbonyl (C=O) groups excluding carboxylic acids is 2. The first-order chi connectivity index (χ1) is 14.1. The molecule has 1 amide bonds. The van der Waals surface area contributed by atoms with E-state index >= 15 is 0 Å². The van der Waals surface area contributed by atoms with Gasteiger partial charge in [-0.05, 0) is 30.3 Å². The molecular weight excluding hydrogens is 376 g/mol. The Balaban J connectivity index is 1.42. The number of nitrogens with zero attached hydrogens (tertiary/aromatic N) is 2. The molecule has 9 heteroatoms. The monoisotopic (exact) mass is 392 g/mol. The van der Waals surface area contributed by atoms with E-state index in [-0.39, 0.29) is 24.2 Å². The molecular formula is C20H16N4O5. The highest BCUT2D eigenvalue weighted by Crippen LogP contribution is 2.34. The van der Waals surface area contributed by atoms with Gasteiger partial charge in [0.2, 0.25) is 12.7 Å². The molecule has 0 saturated heterocycles. The van der Waals surface area contributed by atoms with Crippen molar-refractivity contribution >= 4 is 29.2 Å². The van der Waals surface area contributed by atoms with Crippen LogP contribution in [0.15, 0.2) is 54.9 Å². The van der Waals surface area contributed by atoms with Gasteiger partial charge in [0.1, 0.15) is 0 Å². The summed E-state index contributed by atoms with van der Waals surface area (Å²) in [6.45, 7) is 0.164. The number of ether oxygens (including phenoxy) is 3. The molecule has 29 heavy (non-hydrogen) atoms. The Kier molecular flexibility index (Phi) is 4.93. The molecule has 2 heterocycles. The van der Waals surface area contributed by atoms with Gasteiger partial charge in [0.15, 0.2) is 11.5 Å².